The molecule has 120 valence electrons. The molecule has 4 rings (SSSR count). The van der Waals surface area contributed by atoms with Crippen LogP contribution >= 0.6 is 0 Å². The number of hydrogen-bond acceptors (Lipinski definition) is 0. The van der Waals surface area contributed by atoms with Crippen molar-refractivity contribution < 1.29 is 0 Å². The molecule has 0 aliphatic rings. The van der Waals surface area contributed by atoms with E-state index in [2.05, 4.69) is 90.5 Å². The van der Waals surface area contributed by atoms with E-state index in [1.807, 2.05) is 18.2 Å². The fraction of sp³-hybridized carbons (Fsp3) is 0. The Morgan fingerprint density at radius 2 is 1.28 bits per heavy atom. The summed E-state index contributed by atoms with van der Waals surface area (Å²) in [5.74, 6) is 0. The number of benzene rings is 3. The fourth-order valence-electron chi connectivity index (χ4n) is 3.41. The number of nitrogens with zero attached hydrogens (tertiary/aromatic N) is 1. The molecule has 0 fully saturated rings. The van der Waals surface area contributed by atoms with Gasteiger partial charge in [0.1, 0.15) is 0 Å². The number of hydrogen-bond donors (Lipinski definition) is 0. The molecule has 0 saturated heterocycles. The summed E-state index contributed by atoms with van der Waals surface area (Å²) in [4.78, 5) is 0. The van der Waals surface area contributed by atoms with Crippen molar-refractivity contribution >= 4 is 23.1 Å². The summed E-state index contributed by atoms with van der Waals surface area (Å²) in [6, 6.07) is 27.5. The average molecular weight is 321 g/mol. The second kappa shape index (κ2) is 6.29. The quantitative estimate of drug-likeness (QED) is 0.400. The molecule has 3 aromatic carbocycles. The highest BCUT2D eigenvalue weighted by Gasteiger charge is 2.13. The second-order valence-corrected chi connectivity index (χ2v) is 5.97. The summed E-state index contributed by atoms with van der Waals surface area (Å²) < 4.78 is 2.24. The zero-order valence-electron chi connectivity index (χ0n) is 14.0. The first-order valence-corrected chi connectivity index (χ1v) is 8.37. The monoisotopic (exact) mass is 321 g/mol. The Morgan fingerprint density at radius 1 is 0.640 bits per heavy atom. The van der Waals surface area contributed by atoms with Crippen molar-refractivity contribution in [2.45, 2.75) is 0 Å². The van der Waals surface area contributed by atoms with Gasteiger partial charge in [-0.1, -0.05) is 79.9 Å². The van der Waals surface area contributed by atoms with E-state index in [0.29, 0.717) is 0 Å². The molecule has 0 N–H and O–H groups in total. The van der Waals surface area contributed by atoms with Gasteiger partial charge in [0, 0.05) is 16.6 Å². The van der Waals surface area contributed by atoms with E-state index in [-0.39, 0.29) is 0 Å². The van der Waals surface area contributed by atoms with E-state index in [1.54, 1.807) is 0 Å². The second-order valence-electron chi connectivity index (χ2n) is 5.97. The van der Waals surface area contributed by atoms with E-state index in [4.69, 9.17) is 0 Å². The lowest BCUT2D eigenvalue weighted by Gasteiger charge is -2.10. The number of aromatic nitrogens is 1. The lowest BCUT2D eigenvalue weighted by atomic mass is 10.1. The molecule has 1 heterocycles. The van der Waals surface area contributed by atoms with Gasteiger partial charge >= 0.3 is 0 Å². The Hall–Kier alpha value is -3.32. The summed E-state index contributed by atoms with van der Waals surface area (Å²) in [5, 5.41) is 1.19. The zero-order chi connectivity index (χ0) is 17.2. The summed E-state index contributed by atoms with van der Waals surface area (Å²) in [7, 11) is 0. The first-order chi connectivity index (χ1) is 12.3. The van der Waals surface area contributed by atoms with E-state index >= 15 is 0 Å². The van der Waals surface area contributed by atoms with Gasteiger partial charge in [-0.2, -0.15) is 0 Å². The van der Waals surface area contributed by atoms with E-state index < -0.39 is 0 Å². The van der Waals surface area contributed by atoms with E-state index in [1.165, 1.54) is 22.0 Å². The minimum Gasteiger partial charge on any atom is -0.309 e. The zero-order valence-corrected chi connectivity index (χ0v) is 14.0. The van der Waals surface area contributed by atoms with Crippen LogP contribution in [0.15, 0.2) is 92.0 Å². The Kier molecular flexibility index (Phi) is 3.83. The van der Waals surface area contributed by atoms with Crippen molar-refractivity contribution in [3.05, 3.63) is 103 Å². The normalized spacial score (nSPS) is 10.7. The highest BCUT2D eigenvalue weighted by Crippen LogP contribution is 2.32. The molecule has 1 nitrogen and oxygen atoms in total. The summed E-state index contributed by atoms with van der Waals surface area (Å²) in [6.45, 7) is 8.01. The summed E-state index contributed by atoms with van der Waals surface area (Å²) in [5.41, 5.74) is 6.92. The Morgan fingerprint density at radius 3 is 1.96 bits per heavy atom. The third-order valence-electron chi connectivity index (χ3n) is 4.58. The SMILES string of the molecule is C=Cc1c(C=C)n(-c2ccc(-c3ccccc3)cc2)c2ccccc12. The number of rotatable bonds is 4. The molecule has 0 spiro atoms. The lowest BCUT2D eigenvalue weighted by molar-refractivity contribution is 1.11. The maximum atomic E-state index is 4.02. The molecule has 0 radical (unpaired) electrons. The lowest BCUT2D eigenvalue weighted by Crippen LogP contribution is -1.96. The van der Waals surface area contributed by atoms with Gasteiger partial charge in [-0.3, -0.25) is 0 Å². The third-order valence-corrected chi connectivity index (χ3v) is 4.58. The topological polar surface area (TPSA) is 4.93 Å². The molecule has 25 heavy (non-hydrogen) atoms. The Labute approximate surface area is 148 Å². The van der Waals surface area contributed by atoms with Crippen LogP contribution in [0.3, 0.4) is 0 Å². The van der Waals surface area contributed by atoms with Crippen LogP contribution in [-0.2, 0) is 0 Å². The first kappa shape index (κ1) is 15.2. The third kappa shape index (κ3) is 2.50. The molecule has 0 atom stereocenters. The van der Waals surface area contributed by atoms with Crippen LogP contribution in [0.2, 0.25) is 0 Å². The van der Waals surface area contributed by atoms with Gasteiger partial charge in [0.2, 0.25) is 0 Å². The maximum absolute atomic E-state index is 4.02. The van der Waals surface area contributed by atoms with Crippen molar-refractivity contribution in [1.29, 1.82) is 0 Å². The average Bonchev–Trinajstić information content (AvgIpc) is 3.02. The fourth-order valence-corrected chi connectivity index (χ4v) is 3.41. The van der Waals surface area contributed by atoms with Crippen LogP contribution < -0.4 is 0 Å². The van der Waals surface area contributed by atoms with Gasteiger partial charge < -0.3 is 4.57 Å². The van der Waals surface area contributed by atoms with Crippen molar-refractivity contribution in [2.75, 3.05) is 0 Å². The standard InChI is InChI=1S/C24H19N/c1-3-21-22-12-8-9-13-24(22)25(23(21)4-2)20-16-14-19(15-17-20)18-10-6-5-7-11-18/h3-17H,1-2H2. The van der Waals surface area contributed by atoms with Crippen LogP contribution in [0.4, 0.5) is 0 Å². The molecular formula is C24H19N. The van der Waals surface area contributed by atoms with Crippen molar-refractivity contribution in [2.24, 2.45) is 0 Å². The predicted octanol–water partition coefficient (Wildman–Crippen LogP) is 6.58. The van der Waals surface area contributed by atoms with Crippen LogP contribution in [0.5, 0.6) is 0 Å². The van der Waals surface area contributed by atoms with Crippen LogP contribution in [-0.4, -0.2) is 4.57 Å². The van der Waals surface area contributed by atoms with Gasteiger partial charge in [-0.05, 0) is 35.4 Å². The van der Waals surface area contributed by atoms with Crippen LogP contribution in [0.25, 0.3) is 39.9 Å². The molecule has 4 aromatic rings. The molecule has 1 aromatic heterocycles. The predicted molar refractivity (Wildman–Crippen MR) is 109 cm³/mol. The summed E-state index contributed by atoms with van der Waals surface area (Å²) in [6.07, 6.45) is 3.82. The van der Waals surface area contributed by atoms with E-state index in [0.717, 1.165) is 16.9 Å². The van der Waals surface area contributed by atoms with Crippen molar-refractivity contribution in [3.8, 4) is 16.8 Å². The van der Waals surface area contributed by atoms with Gasteiger partial charge in [-0.15, -0.1) is 0 Å². The van der Waals surface area contributed by atoms with Gasteiger partial charge in [0.25, 0.3) is 0 Å². The Bertz CT molecular complexity index is 1050. The minimum atomic E-state index is 1.07. The number of fused-ring (bicyclic) bond motifs is 1. The van der Waals surface area contributed by atoms with Gasteiger partial charge in [0.05, 0.1) is 11.2 Å². The maximum Gasteiger partial charge on any atom is 0.0541 e. The van der Waals surface area contributed by atoms with Crippen LogP contribution in [0, 0.1) is 0 Å². The molecule has 0 aliphatic heterocycles. The first-order valence-electron chi connectivity index (χ1n) is 8.37. The van der Waals surface area contributed by atoms with E-state index in [9.17, 15) is 0 Å². The van der Waals surface area contributed by atoms with Crippen LogP contribution in [0.1, 0.15) is 11.3 Å². The summed E-state index contributed by atoms with van der Waals surface area (Å²) >= 11 is 0. The molecule has 0 bridgehead atoms. The van der Waals surface area contributed by atoms with Crippen molar-refractivity contribution in [3.63, 3.8) is 0 Å². The highest BCUT2D eigenvalue weighted by atomic mass is 15.0. The smallest absolute Gasteiger partial charge is 0.0541 e. The molecule has 0 aliphatic carbocycles. The van der Waals surface area contributed by atoms with Gasteiger partial charge in [-0.25, -0.2) is 0 Å². The highest BCUT2D eigenvalue weighted by molar-refractivity contribution is 5.95. The molecule has 0 unspecified atom stereocenters. The molecular weight excluding hydrogens is 302 g/mol. The van der Waals surface area contributed by atoms with Crippen molar-refractivity contribution in [1.82, 2.24) is 4.57 Å². The molecule has 0 amide bonds. The molecule has 1 heteroatoms. The Balaban J connectivity index is 1.90. The molecule has 0 saturated carbocycles. The number of para-hydroxylation sites is 1. The largest absolute Gasteiger partial charge is 0.309 e. The van der Waals surface area contributed by atoms with Gasteiger partial charge in [0.15, 0.2) is 0 Å². The minimum absolute atomic E-state index is 1.07.